The normalized spacial score (nSPS) is 21.5. The Hall–Kier alpha value is -2.12. The molecule has 2 amide bonds. The van der Waals surface area contributed by atoms with Crippen LogP contribution in [-0.4, -0.2) is 51.8 Å². The Morgan fingerprint density at radius 1 is 1.00 bits per heavy atom. The monoisotopic (exact) mass is 474 g/mol. The third kappa shape index (κ3) is 5.26. The van der Waals surface area contributed by atoms with Gasteiger partial charge in [0.2, 0.25) is 0 Å². The quantitative estimate of drug-likeness (QED) is 0.626. The molecule has 0 saturated carbocycles. The van der Waals surface area contributed by atoms with Crippen LogP contribution in [0.3, 0.4) is 0 Å². The van der Waals surface area contributed by atoms with Gasteiger partial charge in [-0.1, -0.05) is 11.6 Å². The second kappa shape index (κ2) is 10.2. The number of halogens is 1. The lowest BCUT2D eigenvalue weighted by atomic mass is 9.99. The molecule has 2 unspecified atom stereocenters. The highest BCUT2D eigenvalue weighted by atomic mass is 35.5. The number of hydrogen-bond donors (Lipinski definition) is 1. The molecule has 1 aromatic carbocycles. The summed E-state index contributed by atoms with van der Waals surface area (Å²) in [5, 5.41) is 3.36. The Bertz CT molecular complexity index is 926. The maximum absolute atomic E-state index is 13.4. The summed E-state index contributed by atoms with van der Waals surface area (Å²) < 4.78 is 0.500. The molecule has 8 heteroatoms. The van der Waals surface area contributed by atoms with Gasteiger partial charge in [0.1, 0.15) is 0 Å². The van der Waals surface area contributed by atoms with E-state index < -0.39 is 0 Å². The van der Waals surface area contributed by atoms with Crippen molar-refractivity contribution in [2.45, 2.75) is 71.0 Å². The highest BCUT2D eigenvalue weighted by Gasteiger charge is 2.28. The molecule has 2 fully saturated rings. The Morgan fingerprint density at radius 3 is 2.03 bits per heavy atom. The van der Waals surface area contributed by atoms with Crippen LogP contribution in [0.1, 0.15) is 78.0 Å². The molecule has 6 nitrogen and oxygen atoms in total. The number of aromatic nitrogens is 1. The number of carbonyl (C=O) groups is 2. The molecule has 172 valence electrons. The minimum Gasteiger partial charge on any atom is -0.380 e. The number of amides is 2. The standard InChI is InChI=1S/C24H31ClN4O2S/c1-16-7-3-5-9-28(16)22(30)18-11-19(23(31)29-10-6-4-8-17(29)2)13-20(12-18)26-14-21-15-27-24(25)32-21/h11-13,15-17,26H,3-10,14H2,1-2H3. The molecule has 0 radical (unpaired) electrons. The van der Waals surface area contributed by atoms with Crippen LogP contribution in [0.5, 0.6) is 0 Å². The lowest BCUT2D eigenvalue weighted by molar-refractivity contribution is 0.0634. The predicted molar refractivity (Wildman–Crippen MR) is 130 cm³/mol. The maximum Gasteiger partial charge on any atom is 0.254 e. The number of thiazole rings is 1. The summed E-state index contributed by atoms with van der Waals surface area (Å²) in [6.07, 6.45) is 8.14. The molecule has 2 aliphatic heterocycles. The van der Waals surface area contributed by atoms with Gasteiger partial charge in [-0.05, 0) is 70.6 Å². The first kappa shape index (κ1) is 23.1. The number of hydrogen-bond acceptors (Lipinski definition) is 5. The van der Waals surface area contributed by atoms with Crippen molar-refractivity contribution in [3.63, 3.8) is 0 Å². The summed E-state index contributed by atoms with van der Waals surface area (Å²) in [6.45, 7) is 6.28. The average Bonchev–Trinajstić information content (AvgIpc) is 3.22. The van der Waals surface area contributed by atoms with E-state index >= 15 is 0 Å². The van der Waals surface area contributed by atoms with Crippen molar-refractivity contribution in [2.75, 3.05) is 18.4 Å². The first-order valence-electron chi connectivity index (χ1n) is 11.5. The molecule has 2 aromatic rings. The Balaban J connectivity index is 1.62. The van der Waals surface area contributed by atoms with Gasteiger partial charge >= 0.3 is 0 Å². The molecule has 32 heavy (non-hydrogen) atoms. The fraction of sp³-hybridized carbons (Fsp3) is 0.542. The molecule has 2 aliphatic rings. The molecule has 1 aromatic heterocycles. The number of rotatable bonds is 5. The number of nitrogens with one attached hydrogen (secondary N) is 1. The van der Waals surface area contributed by atoms with Gasteiger partial charge < -0.3 is 15.1 Å². The summed E-state index contributed by atoms with van der Waals surface area (Å²) >= 11 is 7.37. The number of carbonyl (C=O) groups excluding carboxylic acids is 2. The Labute approximate surface area is 199 Å². The van der Waals surface area contributed by atoms with Crippen LogP contribution in [0.25, 0.3) is 0 Å². The van der Waals surface area contributed by atoms with Crippen molar-refractivity contribution in [3.05, 3.63) is 44.9 Å². The minimum atomic E-state index is 0.00225. The number of nitrogens with zero attached hydrogens (tertiary/aromatic N) is 3. The highest BCUT2D eigenvalue weighted by molar-refractivity contribution is 7.15. The van der Waals surface area contributed by atoms with Gasteiger partial charge in [0.15, 0.2) is 4.47 Å². The van der Waals surface area contributed by atoms with Gasteiger partial charge in [-0.3, -0.25) is 9.59 Å². The molecule has 2 saturated heterocycles. The van der Waals surface area contributed by atoms with Crippen molar-refractivity contribution < 1.29 is 9.59 Å². The van der Waals surface area contributed by atoms with Gasteiger partial charge in [0.05, 0.1) is 6.54 Å². The summed E-state index contributed by atoms with van der Waals surface area (Å²) in [5.41, 5.74) is 1.90. The van der Waals surface area contributed by atoms with Crippen LogP contribution < -0.4 is 5.32 Å². The smallest absolute Gasteiger partial charge is 0.254 e. The third-order valence-corrected chi connectivity index (χ3v) is 7.66. The fourth-order valence-corrected chi connectivity index (χ4v) is 5.58. The van der Waals surface area contributed by atoms with Crippen LogP contribution >= 0.6 is 22.9 Å². The average molecular weight is 475 g/mol. The lowest BCUT2D eigenvalue weighted by Gasteiger charge is -2.34. The van der Waals surface area contributed by atoms with E-state index in [2.05, 4.69) is 24.1 Å². The van der Waals surface area contributed by atoms with Crippen molar-refractivity contribution in [2.24, 2.45) is 0 Å². The number of anilines is 1. The second-order valence-corrected chi connectivity index (χ2v) is 10.6. The summed E-state index contributed by atoms with van der Waals surface area (Å²) in [6, 6.07) is 5.94. The van der Waals surface area contributed by atoms with Gasteiger partial charge in [0, 0.05) is 53.1 Å². The van der Waals surface area contributed by atoms with E-state index in [4.69, 9.17) is 11.6 Å². The molecule has 0 aliphatic carbocycles. The van der Waals surface area contributed by atoms with Crippen LogP contribution in [0.2, 0.25) is 4.47 Å². The Kier molecular flexibility index (Phi) is 7.36. The van der Waals surface area contributed by atoms with Gasteiger partial charge in [-0.25, -0.2) is 4.98 Å². The molecule has 0 bridgehead atoms. The van der Waals surface area contributed by atoms with Crippen molar-refractivity contribution in [1.82, 2.24) is 14.8 Å². The van der Waals surface area contributed by atoms with Crippen LogP contribution in [0.4, 0.5) is 5.69 Å². The van der Waals surface area contributed by atoms with E-state index in [0.29, 0.717) is 22.1 Å². The molecular weight excluding hydrogens is 444 g/mol. The largest absolute Gasteiger partial charge is 0.380 e. The van der Waals surface area contributed by atoms with E-state index in [1.165, 1.54) is 11.3 Å². The number of benzene rings is 1. The molecule has 2 atom stereocenters. The zero-order valence-electron chi connectivity index (χ0n) is 18.8. The first-order valence-corrected chi connectivity index (χ1v) is 12.7. The molecule has 1 N–H and O–H groups in total. The summed E-state index contributed by atoms with van der Waals surface area (Å²) in [5.74, 6) is 0.00450. The zero-order valence-corrected chi connectivity index (χ0v) is 20.3. The van der Waals surface area contributed by atoms with E-state index in [9.17, 15) is 9.59 Å². The van der Waals surface area contributed by atoms with Crippen molar-refractivity contribution >= 4 is 40.4 Å². The SMILES string of the molecule is CC1CCCCN1C(=O)c1cc(NCc2cnc(Cl)s2)cc(C(=O)N2CCCCC2C)c1. The molecule has 0 spiro atoms. The van der Waals surface area contributed by atoms with Crippen LogP contribution in [0, 0.1) is 0 Å². The van der Waals surface area contributed by atoms with E-state index in [1.807, 2.05) is 21.9 Å². The fourth-order valence-electron chi connectivity index (χ4n) is 4.66. The first-order chi connectivity index (χ1) is 15.4. The van der Waals surface area contributed by atoms with Gasteiger partial charge in [0.25, 0.3) is 11.8 Å². The minimum absolute atomic E-state index is 0.00225. The highest BCUT2D eigenvalue weighted by Crippen LogP contribution is 2.26. The lowest BCUT2D eigenvalue weighted by Crippen LogP contribution is -2.43. The van der Waals surface area contributed by atoms with Crippen LogP contribution in [0.15, 0.2) is 24.4 Å². The maximum atomic E-state index is 13.4. The van der Waals surface area contributed by atoms with Gasteiger partial charge in [-0.15, -0.1) is 11.3 Å². The summed E-state index contributed by atoms with van der Waals surface area (Å²) in [4.78, 5) is 35.8. The van der Waals surface area contributed by atoms with Gasteiger partial charge in [-0.2, -0.15) is 0 Å². The molecule has 4 rings (SSSR count). The van der Waals surface area contributed by atoms with E-state index in [0.717, 1.165) is 62.2 Å². The third-order valence-electron chi connectivity index (χ3n) is 6.55. The topological polar surface area (TPSA) is 65.5 Å². The predicted octanol–water partition coefficient (Wildman–Crippen LogP) is 5.44. The van der Waals surface area contributed by atoms with Crippen molar-refractivity contribution in [3.8, 4) is 0 Å². The van der Waals surface area contributed by atoms with E-state index in [-0.39, 0.29) is 23.9 Å². The zero-order chi connectivity index (χ0) is 22.7. The molecule has 3 heterocycles. The summed E-state index contributed by atoms with van der Waals surface area (Å²) in [7, 11) is 0. The molecular formula is C24H31ClN4O2S. The van der Waals surface area contributed by atoms with Crippen LogP contribution in [-0.2, 0) is 6.54 Å². The second-order valence-electron chi connectivity index (χ2n) is 8.92. The van der Waals surface area contributed by atoms with E-state index in [1.54, 1.807) is 12.3 Å². The number of likely N-dealkylation sites (tertiary alicyclic amines) is 2. The number of piperidine rings is 2. The Morgan fingerprint density at radius 2 is 1.56 bits per heavy atom. The van der Waals surface area contributed by atoms with Crippen molar-refractivity contribution in [1.29, 1.82) is 0 Å².